The van der Waals surface area contributed by atoms with Gasteiger partial charge in [0.2, 0.25) is 5.91 Å². The number of carbonyl (C=O) groups excluding carboxylic acids is 2. The maximum absolute atomic E-state index is 12.2. The number of hydrogen-bond acceptors (Lipinski definition) is 3. The number of aromatic nitrogens is 1. The number of fused-ring (bicyclic) bond motifs is 1. The molecular weight excluding hydrogens is 290 g/mol. The first-order valence-corrected chi connectivity index (χ1v) is 7.16. The van der Waals surface area contributed by atoms with Gasteiger partial charge in [0.05, 0.1) is 5.52 Å². The van der Waals surface area contributed by atoms with Crippen LogP contribution in [-0.2, 0) is 6.54 Å². The van der Waals surface area contributed by atoms with Gasteiger partial charge in [-0.15, -0.1) is 0 Å². The van der Waals surface area contributed by atoms with E-state index in [0.29, 0.717) is 17.7 Å². The molecule has 0 bridgehead atoms. The molecule has 0 spiro atoms. The Morgan fingerprint density at radius 1 is 0.957 bits per heavy atom. The van der Waals surface area contributed by atoms with E-state index < -0.39 is 5.91 Å². The van der Waals surface area contributed by atoms with Gasteiger partial charge in [0, 0.05) is 29.3 Å². The largest absolute Gasteiger partial charge is 0.366 e. The Morgan fingerprint density at radius 3 is 2.39 bits per heavy atom. The van der Waals surface area contributed by atoms with Crippen molar-refractivity contribution >= 4 is 22.7 Å². The van der Waals surface area contributed by atoms with Gasteiger partial charge in [-0.25, -0.2) is 0 Å². The van der Waals surface area contributed by atoms with Crippen LogP contribution in [0.1, 0.15) is 26.3 Å². The quantitative estimate of drug-likeness (QED) is 0.775. The van der Waals surface area contributed by atoms with Crippen LogP contribution in [-0.4, -0.2) is 16.8 Å². The number of nitrogens with two attached hydrogens (primary N) is 1. The number of hydrogen-bond donors (Lipinski definition) is 2. The molecule has 1 heterocycles. The van der Waals surface area contributed by atoms with Crippen LogP contribution in [0.25, 0.3) is 10.9 Å². The minimum Gasteiger partial charge on any atom is -0.366 e. The maximum Gasteiger partial charge on any atom is 0.251 e. The smallest absolute Gasteiger partial charge is 0.251 e. The summed E-state index contributed by atoms with van der Waals surface area (Å²) in [5, 5.41) is 3.89. The van der Waals surface area contributed by atoms with Gasteiger partial charge in [0.25, 0.3) is 5.91 Å². The van der Waals surface area contributed by atoms with E-state index in [1.165, 1.54) is 12.1 Å². The molecular formula is C18H15N3O2. The summed E-state index contributed by atoms with van der Waals surface area (Å²) in [5.74, 6) is -0.729. The van der Waals surface area contributed by atoms with Crippen LogP contribution in [0.2, 0.25) is 0 Å². The molecule has 0 aliphatic carbocycles. The Labute approximate surface area is 133 Å². The van der Waals surface area contributed by atoms with Gasteiger partial charge in [-0.05, 0) is 35.9 Å². The van der Waals surface area contributed by atoms with Crippen molar-refractivity contribution in [1.82, 2.24) is 10.3 Å². The van der Waals surface area contributed by atoms with Crippen LogP contribution in [0.4, 0.5) is 0 Å². The van der Waals surface area contributed by atoms with Gasteiger partial charge >= 0.3 is 0 Å². The number of amides is 2. The van der Waals surface area contributed by atoms with Gasteiger partial charge < -0.3 is 11.1 Å². The Hall–Kier alpha value is -3.21. The predicted molar refractivity (Wildman–Crippen MR) is 87.9 cm³/mol. The zero-order valence-electron chi connectivity index (χ0n) is 12.3. The first-order valence-electron chi connectivity index (χ1n) is 7.16. The van der Waals surface area contributed by atoms with Crippen molar-refractivity contribution in [3.05, 3.63) is 77.5 Å². The number of nitrogens with one attached hydrogen (secondary N) is 1. The Bertz CT molecular complexity index is 868. The molecule has 1 aromatic heterocycles. The van der Waals surface area contributed by atoms with Crippen molar-refractivity contribution in [1.29, 1.82) is 0 Å². The second-order valence-electron chi connectivity index (χ2n) is 5.12. The van der Waals surface area contributed by atoms with Gasteiger partial charge in [0.15, 0.2) is 0 Å². The van der Waals surface area contributed by atoms with Crippen molar-refractivity contribution < 1.29 is 9.59 Å². The van der Waals surface area contributed by atoms with Crippen LogP contribution < -0.4 is 11.1 Å². The second kappa shape index (κ2) is 6.27. The molecule has 5 heteroatoms. The number of primary amides is 1. The Balaban J connectivity index is 1.74. The first-order chi connectivity index (χ1) is 11.1. The van der Waals surface area contributed by atoms with Crippen LogP contribution in [0.5, 0.6) is 0 Å². The summed E-state index contributed by atoms with van der Waals surface area (Å²) in [5.41, 5.74) is 7.85. The average Bonchev–Trinajstić information content (AvgIpc) is 2.59. The van der Waals surface area contributed by atoms with E-state index in [1.54, 1.807) is 18.3 Å². The first kappa shape index (κ1) is 14.7. The van der Waals surface area contributed by atoms with E-state index in [0.717, 1.165) is 16.5 Å². The van der Waals surface area contributed by atoms with Crippen LogP contribution in [0.3, 0.4) is 0 Å². The number of nitrogens with zero attached hydrogens (tertiary/aromatic N) is 1. The molecule has 0 saturated heterocycles. The number of carbonyl (C=O) groups is 2. The molecule has 5 nitrogen and oxygen atoms in total. The molecule has 0 radical (unpaired) electrons. The summed E-state index contributed by atoms with van der Waals surface area (Å²) in [7, 11) is 0. The van der Waals surface area contributed by atoms with Gasteiger partial charge in [-0.3, -0.25) is 14.6 Å². The fourth-order valence-corrected chi connectivity index (χ4v) is 2.37. The third-order valence-corrected chi connectivity index (χ3v) is 3.59. The highest BCUT2D eigenvalue weighted by Gasteiger charge is 2.08. The third kappa shape index (κ3) is 3.18. The minimum absolute atomic E-state index is 0.214. The van der Waals surface area contributed by atoms with E-state index >= 15 is 0 Å². The molecule has 23 heavy (non-hydrogen) atoms. The summed E-state index contributed by atoms with van der Waals surface area (Å²) in [6.07, 6.45) is 1.73. The van der Waals surface area contributed by atoms with Gasteiger partial charge in [-0.1, -0.05) is 24.3 Å². The predicted octanol–water partition coefficient (Wildman–Crippen LogP) is 2.26. The number of pyridine rings is 1. The fraction of sp³-hybridized carbons (Fsp3) is 0.0556. The molecule has 114 valence electrons. The molecule has 0 fully saturated rings. The molecule has 0 unspecified atom stereocenters. The van der Waals surface area contributed by atoms with E-state index in [-0.39, 0.29) is 5.91 Å². The van der Waals surface area contributed by atoms with E-state index in [2.05, 4.69) is 10.3 Å². The van der Waals surface area contributed by atoms with Gasteiger partial charge in [0.1, 0.15) is 0 Å². The highest BCUT2D eigenvalue weighted by Crippen LogP contribution is 2.15. The summed E-state index contributed by atoms with van der Waals surface area (Å²) >= 11 is 0. The highest BCUT2D eigenvalue weighted by molar-refractivity contribution is 5.97. The second-order valence-corrected chi connectivity index (χ2v) is 5.12. The lowest BCUT2D eigenvalue weighted by Gasteiger charge is -2.08. The number of benzene rings is 2. The average molecular weight is 305 g/mol. The molecule has 2 aromatic carbocycles. The SMILES string of the molecule is NC(=O)c1ccc(C(=O)NCc2cccc3cccnc23)cc1. The summed E-state index contributed by atoms with van der Waals surface area (Å²) < 4.78 is 0. The molecule has 3 N–H and O–H groups in total. The summed E-state index contributed by atoms with van der Waals surface area (Å²) in [4.78, 5) is 27.6. The van der Waals surface area contributed by atoms with Crippen molar-refractivity contribution in [3.8, 4) is 0 Å². The number of para-hydroxylation sites is 1. The normalized spacial score (nSPS) is 10.4. The number of rotatable bonds is 4. The van der Waals surface area contributed by atoms with Gasteiger partial charge in [-0.2, -0.15) is 0 Å². The zero-order valence-corrected chi connectivity index (χ0v) is 12.3. The van der Waals surface area contributed by atoms with Crippen LogP contribution >= 0.6 is 0 Å². The van der Waals surface area contributed by atoms with Crippen molar-refractivity contribution in [2.75, 3.05) is 0 Å². The molecule has 0 saturated carbocycles. The lowest BCUT2D eigenvalue weighted by Crippen LogP contribution is -2.23. The monoisotopic (exact) mass is 305 g/mol. The fourth-order valence-electron chi connectivity index (χ4n) is 2.37. The molecule has 0 atom stereocenters. The Morgan fingerprint density at radius 2 is 1.65 bits per heavy atom. The lowest BCUT2D eigenvalue weighted by molar-refractivity contribution is 0.0948. The van der Waals surface area contributed by atoms with Crippen LogP contribution in [0, 0.1) is 0 Å². The van der Waals surface area contributed by atoms with E-state index in [9.17, 15) is 9.59 Å². The topological polar surface area (TPSA) is 85.1 Å². The summed E-state index contributed by atoms with van der Waals surface area (Å²) in [6, 6.07) is 16.0. The molecule has 3 rings (SSSR count). The van der Waals surface area contributed by atoms with Crippen molar-refractivity contribution in [2.45, 2.75) is 6.54 Å². The highest BCUT2D eigenvalue weighted by atomic mass is 16.2. The maximum atomic E-state index is 12.2. The van der Waals surface area contributed by atoms with Crippen molar-refractivity contribution in [3.63, 3.8) is 0 Å². The van der Waals surface area contributed by atoms with Crippen molar-refractivity contribution in [2.24, 2.45) is 5.73 Å². The molecule has 0 aliphatic rings. The van der Waals surface area contributed by atoms with Crippen LogP contribution in [0.15, 0.2) is 60.8 Å². The molecule has 2 amide bonds. The molecule has 0 aliphatic heterocycles. The van der Waals surface area contributed by atoms with E-state index in [1.807, 2.05) is 30.3 Å². The molecule has 3 aromatic rings. The lowest BCUT2D eigenvalue weighted by atomic mass is 10.1. The summed E-state index contributed by atoms with van der Waals surface area (Å²) in [6.45, 7) is 0.380. The Kier molecular flexibility index (Phi) is 4.01. The third-order valence-electron chi connectivity index (χ3n) is 3.59. The standard InChI is InChI=1S/C18H15N3O2/c19-17(22)13-6-8-14(9-7-13)18(23)21-11-15-4-1-3-12-5-2-10-20-16(12)15/h1-10H,11H2,(H2,19,22)(H,21,23). The minimum atomic E-state index is -0.515. The van der Waals surface area contributed by atoms with E-state index in [4.69, 9.17) is 5.73 Å². The zero-order chi connectivity index (χ0) is 16.2.